The van der Waals surface area contributed by atoms with Gasteiger partial charge < -0.3 is 14.4 Å². The Morgan fingerprint density at radius 3 is 2.94 bits per heavy atom. The van der Waals surface area contributed by atoms with Gasteiger partial charge in [0.15, 0.2) is 0 Å². The number of hydrogen-bond donors (Lipinski definition) is 1. The normalized spacial score (nSPS) is 10.9. The summed E-state index contributed by atoms with van der Waals surface area (Å²) in [4.78, 5) is 10.7. The van der Waals surface area contributed by atoms with Crippen molar-refractivity contribution in [2.45, 2.75) is 6.54 Å². The van der Waals surface area contributed by atoms with E-state index in [2.05, 4.69) is 0 Å². The van der Waals surface area contributed by atoms with Gasteiger partial charge in [0.2, 0.25) is 0 Å². The van der Waals surface area contributed by atoms with Gasteiger partial charge in [0.05, 0.1) is 19.8 Å². The molecule has 1 heterocycles. The average Bonchev–Trinajstić information content (AvgIpc) is 2.77. The molecule has 0 fully saturated rings. The second-order valence-corrected chi connectivity index (χ2v) is 3.78. The van der Waals surface area contributed by atoms with Crippen molar-refractivity contribution in [2.75, 3.05) is 19.8 Å². The number of aldehydes is 1. The molecule has 0 saturated carbocycles. The summed E-state index contributed by atoms with van der Waals surface area (Å²) < 4.78 is 7.26. The molecule has 0 bridgehead atoms. The molecule has 1 aromatic carbocycles. The van der Waals surface area contributed by atoms with E-state index in [4.69, 9.17) is 9.84 Å². The number of ether oxygens (including phenoxy) is 1. The van der Waals surface area contributed by atoms with Crippen LogP contribution in [0.25, 0.3) is 10.9 Å². The van der Waals surface area contributed by atoms with Crippen LogP contribution in [0, 0.1) is 0 Å². The number of nitrogens with zero attached hydrogens (tertiary/aromatic N) is 1. The number of rotatable bonds is 6. The average molecular weight is 233 g/mol. The number of fused-ring (bicyclic) bond motifs is 1. The Hall–Kier alpha value is -1.65. The van der Waals surface area contributed by atoms with E-state index in [0.29, 0.717) is 25.3 Å². The van der Waals surface area contributed by atoms with Crippen LogP contribution in [0.5, 0.6) is 0 Å². The molecular weight excluding hydrogens is 218 g/mol. The van der Waals surface area contributed by atoms with Crippen molar-refractivity contribution in [3.05, 3.63) is 36.0 Å². The van der Waals surface area contributed by atoms with E-state index in [1.807, 2.05) is 35.0 Å². The fourth-order valence-electron chi connectivity index (χ4n) is 1.80. The van der Waals surface area contributed by atoms with Gasteiger partial charge in [-0.25, -0.2) is 0 Å². The van der Waals surface area contributed by atoms with Gasteiger partial charge in [-0.3, -0.25) is 4.79 Å². The van der Waals surface area contributed by atoms with E-state index < -0.39 is 0 Å². The van der Waals surface area contributed by atoms with Gasteiger partial charge in [-0.15, -0.1) is 0 Å². The Morgan fingerprint density at radius 2 is 2.18 bits per heavy atom. The fourth-order valence-corrected chi connectivity index (χ4v) is 1.80. The third-order valence-corrected chi connectivity index (χ3v) is 2.65. The number of aromatic nitrogens is 1. The van der Waals surface area contributed by atoms with E-state index in [0.717, 1.165) is 17.2 Å². The van der Waals surface area contributed by atoms with Crippen LogP contribution in [0.4, 0.5) is 0 Å². The SMILES string of the molecule is O=Cc1ccc2ccn(CCOCCO)c2c1. The summed E-state index contributed by atoms with van der Waals surface area (Å²) in [6.07, 6.45) is 2.82. The molecule has 0 unspecified atom stereocenters. The molecule has 90 valence electrons. The minimum atomic E-state index is 0.0434. The zero-order valence-corrected chi connectivity index (χ0v) is 9.50. The van der Waals surface area contributed by atoms with Crippen molar-refractivity contribution < 1.29 is 14.6 Å². The number of benzene rings is 1. The summed E-state index contributed by atoms with van der Waals surface area (Å²) in [7, 11) is 0. The summed E-state index contributed by atoms with van der Waals surface area (Å²) in [6.45, 7) is 1.67. The third kappa shape index (κ3) is 2.72. The smallest absolute Gasteiger partial charge is 0.150 e. The molecule has 0 aliphatic rings. The Kier molecular flexibility index (Phi) is 3.90. The van der Waals surface area contributed by atoms with Crippen molar-refractivity contribution in [2.24, 2.45) is 0 Å². The first-order valence-electron chi connectivity index (χ1n) is 5.58. The summed E-state index contributed by atoms with van der Waals surface area (Å²) in [6, 6.07) is 7.62. The number of hydrogen-bond acceptors (Lipinski definition) is 3. The second kappa shape index (κ2) is 5.61. The topological polar surface area (TPSA) is 51.5 Å². The lowest BCUT2D eigenvalue weighted by atomic mass is 10.2. The van der Waals surface area contributed by atoms with Crippen LogP contribution in [0.2, 0.25) is 0 Å². The number of carbonyl (C=O) groups is 1. The second-order valence-electron chi connectivity index (χ2n) is 3.78. The van der Waals surface area contributed by atoms with Gasteiger partial charge >= 0.3 is 0 Å². The highest BCUT2D eigenvalue weighted by molar-refractivity contribution is 5.87. The Morgan fingerprint density at radius 1 is 1.29 bits per heavy atom. The van der Waals surface area contributed by atoms with Gasteiger partial charge in [-0.05, 0) is 17.5 Å². The molecule has 0 saturated heterocycles. The molecule has 0 aliphatic heterocycles. The molecule has 0 aliphatic carbocycles. The highest BCUT2D eigenvalue weighted by Gasteiger charge is 2.01. The standard InChI is InChI=1S/C13H15NO3/c15-6-8-17-7-5-14-4-3-12-2-1-11(10-16)9-13(12)14/h1-4,9-10,15H,5-8H2. The van der Waals surface area contributed by atoms with Crippen molar-refractivity contribution in [3.63, 3.8) is 0 Å². The largest absolute Gasteiger partial charge is 0.394 e. The maximum atomic E-state index is 10.7. The van der Waals surface area contributed by atoms with Gasteiger partial charge in [-0.1, -0.05) is 12.1 Å². The van der Waals surface area contributed by atoms with E-state index in [9.17, 15) is 4.79 Å². The minimum Gasteiger partial charge on any atom is -0.394 e. The highest BCUT2D eigenvalue weighted by Crippen LogP contribution is 2.16. The quantitative estimate of drug-likeness (QED) is 0.607. The molecular formula is C13H15NO3. The van der Waals surface area contributed by atoms with Crippen LogP contribution < -0.4 is 0 Å². The fraction of sp³-hybridized carbons (Fsp3) is 0.308. The first-order valence-corrected chi connectivity index (χ1v) is 5.58. The predicted molar refractivity (Wildman–Crippen MR) is 65.2 cm³/mol. The molecule has 17 heavy (non-hydrogen) atoms. The molecule has 0 atom stereocenters. The van der Waals surface area contributed by atoms with E-state index in [-0.39, 0.29) is 6.61 Å². The Balaban J connectivity index is 2.13. The Labute approximate surface area is 99.4 Å². The van der Waals surface area contributed by atoms with Crippen molar-refractivity contribution in [1.29, 1.82) is 0 Å². The molecule has 1 aromatic heterocycles. The van der Waals surface area contributed by atoms with Gasteiger partial charge in [0.25, 0.3) is 0 Å². The van der Waals surface area contributed by atoms with Crippen molar-refractivity contribution >= 4 is 17.2 Å². The minimum absolute atomic E-state index is 0.0434. The predicted octanol–water partition coefficient (Wildman–Crippen LogP) is 1.46. The lowest BCUT2D eigenvalue weighted by Gasteiger charge is -2.06. The molecule has 2 aromatic rings. The van der Waals surface area contributed by atoms with Gasteiger partial charge in [-0.2, -0.15) is 0 Å². The van der Waals surface area contributed by atoms with Crippen LogP contribution in [-0.2, 0) is 11.3 Å². The lowest BCUT2D eigenvalue weighted by molar-refractivity contribution is 0.0875. The molecule has 2 rings (SSSR count). The lowest BCUT2D eigenvalue weighted by Crippen LogP contribution is -2.07. The van der Waals surface area contributed by atoms with Crippen molar-refractivity contribution in [1.82, 2.24) is 4.57 Å². The number of aliphatic hydroxyl groups is 1. The summed E-state index contributed by atoms with van der Waals surface area (Å²) in [5.74, 6) is 0. The third-order valence-electron chi connectivity index (χ3n) is 2.65. The summed E-state index contributed by atoms with van der Waals surface area (Å²) in [5.41, 5.74) is 1.70. The number of aliphatic hydroxyl groups excluding tert-OH is 1. The van der Waals surface area contributed by atoms with Crippen LogP contribution in [0.3, 0.4) is 0 Å². The highest BCUT2D eigenvalue weighted by atomic mass is 16.5. The van der Waals surface area contributed by atoms with Crippen molar-refractivity contribution in [3.8, 4) is 0 Å². The van der Waals surface area contributed by atoms with E-state index in [1.54, 1.807) is 0 Å². The zero-order valence-electron chi connectivity index (χ0n) is 9.50. The van der Waals surface area contributed by atoms with Crippen LogP contribution in [0.15, 0.2) is 30.5 Å². The molecule has 1 N–H and O–H groups in total. The van der Waals surface area contributed by atoms with Gasteiger partial charge in [0.1, 0.15) is 6.29 Å². The van der Waals surface area contributed by atoms with Crippen LogP contribution >= 0.6 is 0 Å². The molecule has 0 spiro atoms. The first-order chi connectivity index (χ1) is 8.35. The zero-order chi connectivity index (χ0) is 12.1. The van der Waals surface area contributed by atoms with E-state index >= 15 is 0 Å². The summed E-state index contributed by atoms with van der Waals surface area (Å²) >= 11 is 0. The maximum Gasteiger partial charge on any atom is 0.150 e. The van der Waals surface area contributed by atoms with Crippen LogP contribution in [0.1, 0.15) is 10.4 Å². The molecule has 4 heteroatoms. The first kappa shape index (κ1) is 11.8. The van der Waals surface area contributed by atoms with Crippen LogP contribution in [-0.4, -0.2) is 35.8 Å². The molecule has 0 amide bonds. The number of carbonyl (C=O) groups excluding carboxylic acids is 1. The maximum absolute atomic E-state index is 10.7. The van der Waals surface area contributed by atoms with E-state index in [1.165, 1.54) is 0 Å². The summed E-state index contributed by atoms with van der Waals surface area (Å²) in [5, 5.41) is 9.70. The molecule has 0 radical (unpaired) electrons. The monoisotopic (exact) mass is 233 g/mol. The Bertz CT molecular complexity index is 504. The molecule has 4 nitrogen and oxygen atoms in total. The van der Waals surface area contributed by atoms with Gasteiger partial charge in [0, 0.05) is 23.8 Å².